The predicted molar refractivity (Wildman–Crippen MR) is 85.0 cm³/mol. The molecule has 0 aromatic heterocycles. The number of aliphatic hydroxyl groups excluding tert-OH is 1. The number of nitrogens with one attached hydrogen (secondary N) is 1. The molecule has 0 saturated heterocycles. The van der Waals surface area contributed by atoms with Crippen LogP contribution in [-0.2, 0) is 16.6 Å². The first-order chi connectivity index (χ1) is 9.83. The minimum atomic E-state index is -3.98. The number of hydrogen-bond donors (Lipinski definition) is 2. The summed E-state index contributed by atoms with van der Waals surface area (Å²) in [4.78, 5) is -0.0728. The van der Waals surface area contributed by atoms with Crippen molar-refractivity contribution in [3.63, 3.8) is 0 Å². The highest BCUT2D eigenvalue weighted by atomic mass is 79.9. The van der Waals surface area contributed by atoms with Crippen LogP contribution < -0.4 is 4.72 Å². The van der Waals surface area contributed by atoms with E-state index in [1.54, 1.807) is 6.07 Å². The van der Waals surface area contributed by atoms with E-state index in [0.29, 0.717) is 14.5 Å². The molecule has 112 valence electrons. The first kappa shape index (κ1) is 16.4. The van der Waals surface area contributed by atoms with Gasteiger partial charge in [-0.05, 0) is 51.8 Å². The van der Waals surface area contributed by atoms with Gasteiger partial charge >= 0.3 is 0 Å². The predicted octanol–water partition coefficient (Wildman–Crippen LogP) is 3.64. The molecule has 0 spiro atoms. The van der Waals surface area contributed by atoms with Crippen LogP contribution in [0.2, 0.25) is 0 Å². The first-order valence-corrected chi connectivity index (χ1v) is 8.77. The van der Waals surface area contributed by atoms with Crippen LogP contribution in [0.25, 0.3) is 0 Å². The molecule has 2 N–H and O–H groups in total. The minimum Gasteiger partial charge on any atom is -0.392 e. The summed E-state index contributed by atoms with van der Waals surface area (Å²) in [6.07, 6.45) is 0. The Hall–Kier alpha value is -0.960. The fourth-order valence-electron chi connectivity index (χ4n) is 1.62. The van der Waals surface area contributed by atoms with Gasteiger partial charge in [0.1, 0.15) is 10.7 Å². The SMILES string of the molecule is O=S(=O)(Nc1ccc(Br)cc1F)c1cc(CO)ccc1Br. The van der Waals surface area contributed by atoms with E-state index in [2.05, 4.69) is 36.6 Å². The number of benzene rings is 2. The Morgan fingerprint density at radius 1 is 1.14 bits per heavy atom. The van der Waals surface area contributed by atoms with Crippen LogP contribution >= 0.6 is 31.9 Å². The van der Waals surface area contributed by atoms with Crippen LogP contribution in [0.5, 0.6) is 0 Å². The summed E-state index contributed by atoms with van der Waals surface area (Å²) in [5.74, 6) is -0.692. The van der Waals surface area contributed by atoms with Gasteiger partial charge < -0.3 is 5.11 Å². The van der Waals surface area contributed by atoms with Crippen LogP contribution in [0.1, 0.15) is 5.56 Å². The monoisotopic (exact) mass is 437 g/mol. The van der Waals surface area contributed by atoms with Gasteiger partial charge in [-0.2, -0.15) is 0 Å². The van der Waals surface area contributed by atoms with E-state index in [4.69, 9.17) is 5.11 Å². The highest BCUT2D eigenvalue weighted by molar-refractivity contribution is 9.10. The second-order valence-corrected chi connectivity index (χ2v) is 7.57. The summed E-state index contributed by atoms with van der Waals surface area (Å²) in [5.41, 5.74) is 0.286. The fraction of sp³-hybridized carbons (Fsp3) is 0.0769. The van der Waals surface area contributed by atoms with Gasteiger partial charge in [0.15, 0.2) is 0 Å². The molecule has 2 aromatic carbocycles. The van der Waals surface area contributed by atoms with Gasteiger partial charge in [-0.25, -0.2) is 12.8 Å². The first-order valence-electron chi connectivity index (χ1n) is 5.70. The van der Waals surface area contributed by atoms with Crippen molar-refractivity contribution < 1.29 is 17.9 Å². The third-order valence-corrected chi connectivity index (χ3v) is 5.50. The van der Waals surface area contributed by atoms with Gasteiger partial charge in [0.25, 0.3) is 10.0 Å². The molecule has 0 bridgehead atoms. The van der Waals surface area contributed by atoms with Gasteiger partial charge in [-0.15, -0.1) is 0 Å². The van der Waals surface area contributed by atoms with E-state index in [0.717, 1.165) is 6.07 Å². The van der Waals surface area contributed by atoms with Gasteiger partial charge in [0, 0.05) is 8.95 Å². The van der Waals surface area contributed by atoms with Crippen LogP contribution in [0.15, 0.2) is 50.2 Å². The van der Waals surface area contributed by atoms with Gasteiger partial charge in [0.05, 0.1) is 12.3 Å². The number of halogens is 3. The van der Waals surface area contributed by atoms with E-state index in [1.807, 2.05) is 0 Å². The quantitative estimate of drug-likeness (QED) is 0.765. The Labute approximate surface area is 138 Å². The largest absolute Gasteiger partial charge is 0.392 e. The van der Waals surface area contributed by atoms with E-state index < -0.39 is 15.8 Å². The summed E-state index contributed by atoms with van der Waals surface area (Å²) < 4.78 is 41.4. The minimum absolute atomic E-state index is 0.0728. The molecule has 0 unspecified atom stereocenters. The number of anilines is 1. The van der Waals surface area contributed by atoms with Crippen molar-refractivity contribution in [1.82, 2.24) is 0 Å². The van der Waals surface area contributed by atoms with E-state index in [9.17, 15) is 12.8 Å². The smallest absolute Gasteiger partial charge is 0.263 e. The molecule has 8 heteroatoms. The zero-order valence-electron chi connectivity index (χ0n) is 10.5. The molecule has 0 atom stereocenters. The lowest BCUT2D eigenvalue weighted by molar-refractivity contribution is 0.281. The maximum Gasteiger partial charge on any atom is 0.263 e. The van der Waals surface area contributed by atoms with Crippen LogP contribution in [0, 0.1) is 5.82 Å². The van der Waals surface area contributed by atoms with Crippen molar-refractivity contribution in [2.45, 2.75) is 11.5 Å². The molecular formula is C13H10Br2FNO3S. The molecule has 0 radical (unpaired) electrons. The third-order valence-electron chi connectivity index (χ3n) is 2.64. The Morgan fingerprint density at radius 3 is 2.48 bits per heavy atom. The summed E-state index contributed by atoms with van der Waals surface area (Å²) in [6, 6.07) is 8.43. The van der Waals surface area contributed by atoms with Crippen molar-refractivity contribution in [3.8, 4) is 0 Å². The maximum absolute atomic E-state index is 13.7. The van der Waals surface area contributed by atoms with Crippen LogP contribution in [-0.4, -0.2) is 13.5 Å². The van der Waals surface area contributed by atoms with Gasteiger partial charge in [-0.1, -0.05) is 22.0 Å². The van der Waals surface area contributed by atoms with Crippen LogP contribution in [0.4, 0.5) is 10.1 Å². The molecule has 0 aliphatic rings. The number of sulfonamides is 1. The standard InChI is InChI=1S/C13H10Br2FNO3S/c14-9-2-4-12(11(16)6-9)17-21(19,20)13-5-8(7-18)1-3-10(13)15/h1-6,17-18H,7H2. The molecule has 0 heterocycles. The van der Waals surface area contributed by atoms with Crippen molar-refractivity contribution in [1.29, 1.82) is 0 Å². The molecular weight excluding hydrogens is 429 g/mol. The molecule has 21 heavy (non-hydrogen) atoms. The Morgan fingerprint density at radius 2 is 1.86 bits per heavy atom. The molecule has 0 aliphatic carbocycles. The lowest BCUT2D eigenvalue weighted by Crippen LogP contribution is -2.15. The van der Waals surface area contributed by atoms with Crippen molar-refractivity contribution >= 4 is 47.6 Å². The highest BCUT2D eigenvalue weighted by Gasteiger charge is 2.20. The molecule has 0 amide bonds. The summed E-state index contributed by atoms with van der Waals surface area (Å²) in [6.45, 7) is -0.289. The summed E-state index contributed by atoms with van der Waals surface area (Å²) in [7, 11) is -3.98. The summed E-state index contributed by atoms with van der Waals surface area (Å²) >= 11 is 6.24. The maximum atomic E-state index is 13.7. The lowest BCUT2D eigenvalue weighted by atomic mass is 10.2. The zero-order chi connectivity index (χ0) is 15.6. The van der Waals surface area contributed by atoms with Crippen LogP contribution in [0.3, 0.4) is 0 Å². The highest BCUT2D eigenvalue weighted by Crippen LogP contribution is 2.27. The van der Waals surface area contributed by atoms with E-state index in [-0.39, 0.29) is 17.2 Å². The summed E-state index contributed by atoms with van der Waals surface area (Å²) in [5, 5.41) is 9.09. The van der Waals surface area contributed by atoms with Gasteiger partial charge in [-0.3, -0.25) is 4.72 Å². The second kappa shape index (κ2) is 6.43. The Kier molecular flexibility index (Phi) is 5.03. The third kappa shape index (κ3) is 3.82. The molecule has 0 saturated carbocycles. The molecule has 0 fully saturated rings. The Balaban J connectivity index is 2.43. The van der Waals surface area contributed by atoms with Crippen molar-refractivity contribution in [2.75, 3.05) is 4.72 Å². The van der Waals surface area contributed by atoms with Crippen molar-refractivity contribution in [2.24, 2.45) is 0 Å². The average Bonchev–Trinajstić information content (AvgIpc) is 2.42. The molecule has 2 rings (SSSR count). The topological polar surface area (TPSA) is 66.4 Å². The normalized spacial score (nSPS) is 11.4. The number of rotatable bonds is 4. The van der Waals surface area contributed by atoms with Crippen molar-refractivity contribution in [3.05, 3.63) is 56.7 Å². The molecule has 4 nitrogen and oxygen atoms in total. The number of hydrogen-bond acceptors (Lipinski definition) is 3. The fourth-order valence-corrected chi connectivity index (χ4v) is 4.04. The zero-order valence-corrected chi connectivity index (χ0v) is 14.5. The molecule has 0 aliphatic heterocycles. The van der Waals surface area contributed by atoms with Gasteiger partial charge in [0.2, 0.25) is 0 Å². The number of aliphatic hydroxyl groups is 1. The lowest BCUT2D eigenvalue weighted by Gasteiger charge is -2.11. The Bertz CT molecular complexity index is 781. The second-order valence-electron chi connectivity index (χ2n) is 4.15. The molecule has 2 aromatic rings. The van der Waals surface area contributed by atoms with E-state index >= 15 is 0 Å². The average molecular weight is 439 g/mol. The van der Waals surface area contributed by atoms with E-state index in [1.165, 1.54) is 24.3 Å².